The van der Waals surface area contributed by atoms with Crippen LogP contribution in [0.5, 0.6) is 0 Å². The first kappa shape index (κ1) is 20.6. The average molecular weight is 398 g/mol. The molecule has 0 radical (unpaired) electrons. The van der Waals surface area contributed by atoms with Crippen molar-refractivity contribution in [2.24, 2.45) is 23.2 Å². The van der Waals surface area contributed by atoms with Gasteiger partial charge in [0, 0.05) is 18.5 Å². The normalized spacial score (nSPS) is 36.1. The number of ether oxygens (including phenoxy) is 1. The van der Waals surface area contributed by atoms with Gasteiger partial charge in [-0.2, -0.15) is 0 Å². The molecule has 1 N–H and O–H groups in total. The third-order valence-corrected chi connectivity index (χ3v) is 7.86. The fraction of sp³-hybridized carbons (Fsp3) is 0.640. The molecule has 4 heteroatoms. The number of fused-ring (bicyclic) bond motifs is 2. The fourth-order valence-electron chi connectivity index (χ4n) is 5.91. The van der Waals surface area contributed by atoms with Crippen molar-refractivity contribution >= 4 is 5.97 Å². The summed E-state index contributed by atoms with van der Waals surface area (Å²) in [6.45, 7) is 7.33. The van der Waals surface area contributed by atoms with Gasteiger partial charge in [-0.3, -0.25) is 9.69 Å². The monoisotopic (exact) mass is 397 g/mol. The van der Waals surface area contributed by atoms with Gasteiger partial charge in [0.2, 0.25) is 0 Å². The van der Waals surface area contributed by atoms with Gasteiger partial charge in [0.15, 0.2) is 0 Å². The summed E-state index contributed by atoms with van der Waals surface area (Å²) in [6.07, 6.45) is 6.51. The predicted octanol–water partition coefficient (Wildman–Crippen LogP) is 4.35. The molecule has 1 saturated carbocycles. The van der Waals surface area contributed by atoms with Crippen LogP contribution in [0.1, 0.15) is 58.1 Å². The van der Waals surface area contributed by atoms with Crippen LogP contribution in [0.3, 0.4) is 0 Å². The Bertz CT molecular complexity index is 776. The lowest BCUT2D eigenvalue weighted by Crippen LogP contribution is -2.42. The van der Waals surface area contributed by atoms with Gasteiger partial charge in [-0.15, -0.1) is 0 Å². The van der Waals surface area contributed by atoms with Crippen LogP contribution < -0.4 is 0 Å². The third-order valence-electron chi connectivity index (χ3n) is 7.86. The predicted molar refractivity (Wildman–Crippen MR) is 114 cm³/mol. The smallest absolute Gasteiger partial charge is 0.311 e. The minimum Gasteiger partial charge on any atom is -0.461 e. The van der Waals surface area contributed by atoms with E-state index in [1.807, 2.05) is 44.3 Å². The zero-order valence-electron chi connectivity index (χ0n) is 18.2. The van der Waals surface area contributed by atoms with Gasteiger partial charge in [0.05, 0.1) is 12.0 Å². The Labute approximate surface area is 174 Å². The van der Waals surface area contributed by atoms with E-state index in [0.717, 1.165) is 12.0 Å². The summed E-state index contributed by atoms with van der Waals surface area (Å²) in [5.74, 6) is 0.541. The number of hydrogen-bond acceptors (Lipinski definition) is 4. The Kier molecular flexibility index (Phi) is 5.60. The van der Waals surface area contributed by atoms with Crippen LogP contribution in [0.15, 0.2) is 42.0 Å². The molecule has 0 aromatic heterocycles. The topological polar surface area (TPSA) is 49.8 Å². The van der Waals surface area contributed by atoms with Crippen LogP contribution in [0.25, 0.3) is 0 Å². The Balaban J connectivity index is 1.50. The summed E-state index contributed by atoms with van der Waals surface area (Å²) in [7, 11) is 2.00. The van der Waals surface area contributed by atoms with E-state index in [0.29, 0.717) is 12.5 Å². The van der Waals surface area contributed by atoms with E-state index in [1.165, 1.54) is 19.3 Å². The number of hydrogen-bond donors (Lipinski definition) is 1. The second kappa shape index (κ2) is 7.88. The lowest BCUT2D eigenvalue weighted by molar-refractivity contribution is -0.145. The summed E-state index contributed by atoms with van der Waals surface area (Å²) in [4.78, 5) is 14.9. The Hall–Kier alpha value is -1.65. The van der Waals surface area contributed by atoms with Gasteiger partial charge >= 0.3 is 5.97 Å². The molecule has 2 fully saturated rings. The van der Waals surface area contributed by atoms with Crippen LogP contribution >= 0.6 is 0 Å². The number of aliphatic hydroxyl groups excluding tert-OH is 1. The highest BCUT2D eigenvalue weighted by Gasteiger charge is 2.52. The van der Waals surface area contributed by atoms with Crippen molar-refractivity contribution in [1.82, 2.24) is 4.90 Å². The van der Waals surface area contributed by atoms with E-state index in [1.54, 1.807) is 5.57 Å². The molecule has 0 amide bonds. The molecular weight excluding hydrogens is 362 g/mol. The molecule has 4 rings (SSSR count). The zero-order chi connectivity index (χ0) is 20.8. The second-order valence-electron chi connectivity index (χ2n) is 9.87. The maximum absolute atomic E-state index is 12.8. The number of aliphatic hydroxyl groups is 1. The van der Waals surface area contributed by atoms with Gasteiger partial charge in [0.25, 0.3) is 0 Å². The number of nitrogens with zero attached hydrogens (tertiary/aromatic N) is 1. The molecule has 158 valence electrons. The Morgan fingerprint density at radius 2 is 2.03 bits per heavy atom. The lowest BCUT2D eigenvalue weighted by atomic mass is 9.59. The van der Waals surface area contributed by atoms with Gasteiger partial charge in [0.1, 0.15) is 6.10 Å². The Morgan fingerprint density at radius 1 is 1.31 bits per heavy atom. The van der Waals surface area contributed by atoms with E-state index in [-0.39, 0.29) is 35.4 Å². The number of allylic oxidation sites excluding steroid dienone is 1. The van der Waals surface area contributed by atoms with E-state index < -0.39 is 6.10 Å². The number of esters is 1. The third kappa shape index (κ3) is 3.77. The molecule has 1 aromatic rings. The van der Waals surface area contributed by atoms with Crippen molar-refractivity contribution in [3.63, 3.8) is 0 Å². The van der Waals surface area contributed by atoms with Crippen LogP contribution in [0.4, 0.5) is 0 Å². The molecule has 0 unspecified atom stereocenters. The van der Waals surface area contributed by atoms with Crippen molar-refractivity contribution < 1.29 is 14.6 Å². The highest BCUT2D eigenvalue weighted by molar-refractivity contribution is 5.76. The molecule has 7 atom stereocenters. The fourth-order valence-corrected chi connectivity index (χ4v) is 5.91. The maximum atomic E-state index is 12.8. The van der Waals surface area contributed by atoms with Crippen molar-refractivity contribution in [2.45, 2.75) is 64.7 Å². The summed E-state index contributed by atoms with van der Waals surface area (Å²) >= 11 is 0. The molecule has 4 nitrogen and oxygen atoms in total. The second-order valence-corrected chi connectivity index (χ2v) is 9.87. The van der Waals surface area contributed by atoms with Crippen molar-refractivity contribution in [3.05, 3.63) is 47.5 Å². The quantitative estimate of drug-likeness (QED) is 0.593. The summed E-state index contributed by atoms with van der Waals surface area (Å²) in [5, 5.41) is 10.8. The summed E-state index contributed by atoms with van der Waals surface area (Å²) in [6, 6.07) is 9.66. The first-order valence-corrected chi connectivity index (χ1v) is 11.2. The molecule has 1 aliphatic heterocycles. The van der Waals surface area contributed by atoms with E-state index >= 15 is 0 Å². The van der Waals surface area contributed by atoms with Crippen molar-refractivity contribution in [3.8, 4) is 0 Å². The molecule has 1 aromatic carbocycles. The average Bonchev–Trinajstić information content (AvgIpc) is 2.99. The highest BCUT2D eigenvalue weighted by atomic mass is 16.6. The van der Waals surface area contributed by atoms with Crippen LogP contribution in [0.2, 0.25) is 0 Å². The number of carbonyl (C=O) groups excluding carboxylic acids is 1. The number of benzene rings is 1. The molecule has 2 aliphatic carbocycles. The van der Waals surface area contributed by atoms with Gasteiger partial charge < -0.3 is 9.84 Å². The largest absolute Gasteiger partial charge is 0.461 e. The first-order chi connectivity index (χ1) is 13.8. The minimum absolute atomic E-state index is 0.00861. The van der Waals surface area contributed by atoms with Crippen LogP contribution in [-0.2, 0) is 9.53 Å². The first-order valence-electron chi connectivity index (χ1n) is 11.2. The van der Waals surface area contributed by atoms with E-state index in [4.69, 9.17) is 4.74 Å². The van der Waals surface area contributed by atoms with Crippen LogP contribution in [0, 0.1) is 23.2 Å². The summed E-state index contributed by atoms with van der Waals surface area (Å²) in [5.41, 5.74) is 2.65. The minimum atomic E-state index is -0.583. The SMILES string of the molecule is C[C@@H]1CCC[C@@]2(C)C[C@H]3OC(=O)[C@H](CN(C)[C@@H](C)[C@@H](O)c4ccccc4)[C@@H]3C=C12. The number of carbonyl (C=O) groups is 1. The molecule has 3 aliphatic rings. The van der Waals surface area contributed by atoms with Gasteiger partial charge in [-0.05, 0) is 50.1 Å². The summed E-state index contributed by atoms with van der Waals surface area (Å²) < 4.78 is 5.88. The highest BCUT2D eigenvalue weighted by Crippen LogP contribution is 2.54. The molecule has 0 bridgehead atoms. The van der Waals surface area contributed by atoms with Gasteiger partial charge in [-0.1, -0.05) is 62.2 Å². The Morgan fingerprint density at radius 3 is 2.76 bits per heavy atom. The molecule has 1 saturated heterocycles. The molecular formula is C25H35NO3. The lowest BCUT2D eigenvalue weighted by Gasteiger charge is -2.46. The maximum Gasteiger partial charge on any atom is 0.311 e. The van der Waals surface area contributed by atoms with E-state index in [9.17, 15) is 9.90 Å². The van der Waals surface area contributed by atoms with Crippen LogP contribution in [-0.4, -0.2) is 41.7 Å². The van der Waals surface area contributed by atoms with Crippen molar-refractivity contribution in [2.75, 3.05) is 13.6 Å². The van der Waals surface area contributed by atoms with E-state index in [2.05, 4.69) is 24.8 Å². The standard InChI is InChI=1S/C25H35NO3/c1-16-9-8-12-25(3)14-22-19(13-21(16)25)20(24(28)29-22)15-26(4)17(2)23(27)18-10-6-5-7-11-18/h5-7,10-11,13,16-17,19-20,22-23,27H,8-9,12,14-15H2,1-4H3/t16-,17+,19+,20-,22-,23-,25+/m1/s1. The number of rotatable bonds is 5. The van der Waals surface area contributed by atoms with Gasteiger partial charge in [-0.25, -0.2) is 0 Å². The number of likely N-dealkylation sites (N-methyl/N-ethyl adjacent to an activating group) is 1. The zero-order valence-corrected chi connectivity index (χ0v) is 18.2. The van der Waals surface area contributed by atoms with Crippen molar-refractivity contribution in [1.29, 1.82) is 0 Å². The molecule has 0 spiro atoms. The molecule has 1 heterocycles. The molecule has 29 heavy (non-hydrogen) atoms.